The van der Waals surface area contributed by atoms with Gasteiger partial charge in [-0.2, -0.15) is 0 Å². The van der Waals surface area contributed by atoms with E-state index >= 15 is 0 Å². The summed E-state index contributed by atoms with van der Waals surface area (Å²) in [7, 11) is 4.50. The molecule has 0 aromatic heterocycles. The van der Waals surface area contributed by atoms with Crippen LogP contribution >= 0.6 is 0 Å². The first-order valence-corrected chi connectivity index (χ1v) is 15.5. The molecule has 2 aromatic rings. The van der Waals surface area contributed by atoms with E-state index in [2.05, 4.69) is 4.90 Å². The number of ether oxygens (including phenoxy) is 1. The topological polar surface area (TPSA) is 188 Å². The Morgan fingerprint density at radius 3 is 2.37 bits per heavy atom. The number of likely N-dealkylation sites (tertiary alicyclic amines) is 1. The Labute approximate surface area is 266 Å². The van der Waals surface area contributed by atoms with Gasteiger partial charge < -0.3 is 25.8 Å². The third kappa shape index (κ3) is 4.45. The van der Waals surface area contributed by atoms with E-state index in [0.717, 1.165) is 31.5 Å². The number of amides is 1. The Morgan fingerprint density at radius 2 is 1.76 bits per heavy atom. The number of aliphatic hydroxyl groups excluding tert-OH is 1. The molecule has 0 radical (unpaired) electrons. The van der Waals surface area contributed by atoms with Crippen LogP contribution < -0.4 is 10.5 Å². The van der Waals surface area contributed by atoms with Crippen molar-refractivity contribution in [3.05, 3.63) is 47.0 Å². The fourth-order valence-corrected chi connectivity index (χ4v) is 8.47. The van der Waals surface area contributed by atoms with E-state index in [1.54, 1.807) is 38.3 Å². The fraction of sp³-hybridized carbons (Fsp3) is 0.500. The highest BCUT2D eigenvalue weighted by Gasteiger charge is 2.72. The van der Waals surface area contributed by atoms with E-state index < -0.39 is 76.4 Å². The standard InChI is InChI=1S/C34H39N3O9/c1-15-18-8-9-19(16-7-10-20(46-4)17(13-16)14-37-11-5-6-12-37)27(38)22(18)28(39)23-21(15)29(40)25-26(36(2)3)30(41)24(33(35)44)32(43)34(25,45)31(23)42/h7-10,13,15,21,23-26,29,38,40,45H,5-6,11-12,14H2,1-4H3,(H2,35,44)/t15-,21+,23?,24?,25+,26-,29-,34-/m1/s1. The van der Waals surface area contributed by atoms with Gasteiger partial charge in [0.1, 0.15) is 11.5 Å². The number of hydrogen-bond donors (Lipinski definition) is 4. The van der Waals surface area contributed by atoms with Crippen LogP contribution in [0, 0.1) is 23.7 Å². The van der Waals surface area contributed by atoms with Crippen LogP contribution in [-0.4, -0.2) is 106 Å². The number of methoxy groups -OCH3 is 1. The van der Waals surface area contributed by atoms with Gasteiger partial charge in [0.25, 0.3) is 0 Å². The van der Waals surface area contributed by atoms with Gasteiger partial charge in [-0.05, 0) is 69.2 Å². The van der Waals surface area contributed by atoms with Gasteiger partial charge in [-0.1, -0.05) is 25.1 Å². The van der Waals surface area contributed by atoms with E-state index in [1.807, 2.05) is 6.07 Å². The average Bonchev–Trinajstić information content (AvgIpc) is 3.52. The molecule has 2 aromatic carbocycles. The number of hydrogen-bond acceptors (Lipinski definition) is 11. The Bertz CT molecular complexity index is 1670. The maximum absolute atomic E-state index is 14.3. The number of primary amides is 1. The Kier molecular flexibility index (Phi) is 7.91. The lowest BCUT2D eigenvalue weighted by Gasteiger charge is -2.56. The van der Waals surface area contributed by atoms with Crippen molar-refractivity contribution in [1.82, 2.24) is 9.80 Å². The third-order valence-corrected chi connectivity index (χ3v) is 10.7. The van der Waals surface area contributed by atoms with Gasteiger partial charge in [0.2, 0.25) is 5.91 Å². The molecule has 2 unspecified atom stereocenters. The number of rotatable bonds is 6. The van der Waals surface area contributed by atoms with Crippen molar-refractivity contribution in [2.24, 2.45) is 29.4 Å². The van der Waals surface area contributed by atoms with Crippen molar-refractivity contribution in [2.45, 2.75) is 50.0 Å². The fourth-order valence-electron chi connectivity index (χ4n) is 8.47. The van der Waals surface area contributed by atoms with Crippen molar-refractivity contribution in [3.8, 4) is 22.6 Å². The molecule has 12 heteroatoms. The summed E-state index contributed by atoms with van der Waals surface area (Å²) in [4.78, 5) is 71.3. The number of nitrogens with zero attached hydrogens (tertiary/aromatic N) is 2. The minimum Gasteiger partial charge on any atom is -0.507 e. The van der Waals surface area contributed by atoms with Crippen LogP contribution in [0.1, 0.15) is 47.2 Å². The van der Waals surface area contributed by atoms with Gasteiger partial charge in [0.15, 0.2) is 34.7 Å². The smallest absolute Gasteiger partial charge is 0.235 e. The zero-order valence-electron chi connectivity index (χ0n) is 26.2. The zero-order chi connectivity index (χ0) is 33.4. The summed E-state index contributed by atoms with van der Waals surface area (Å²) < 4.78 is 5.58. The highest BCUT2D eigenvalue weighted by molar-refractivity contribution is 6.32. The molecule has 46 heavy (non-hydrogen) atoms. The van der Waals surface area contributed by atoms with Crippen LogP contribution in [0.3, 0.4) is 0 Å². The minimum atomic E-state index is -3.04. The summed E-state index contributed by atoms with van der Waals surface area (Å²) in [6.07, 6.45) is 0.547. The largest absolute Gasteiger partial charge is 0.507 e. The lowest BCUT2D eigenvalue weighted by atomic mass is 9.49. The summed E-state index contributed by atoms with van der Waals surface area (Å²) in [6, 6.07) is 7.40. The Balaban J connectivity index is 1.45. The van der Waals surface area contributed by atoms with Crippen molar-refractivity contribution >= 4 is 29.0 Å². The van der Waals surface area contributed by atoms with Crippen LogP contribution in [-0.2, 0) is 25.7 Å². The number of phenolic OH excluding ortho intramolecular Hbond substituents is 1. The highest BCUT2D eigenvalue weighted by atomic mass is 16.5. The monoisotopic (exact) mass is 633 g/mol. The van der Waals surface area contributed by atoms with E-state index in [4.69, 9.17) is 10.5 Å². The molecule has 12 nitrogen and oxygen atoms in total. The summed E-state index contributed by atoms with van der Waals surface area (Å²) >= 11 is 0. The molecule has 1 heterocycles. The quantitative estimate of drug-likeness (QED) is 0.328. The maximum Gasteiger partial charge on any atom is 0.235 e. The van der Waals surface area contributed by atoms with E-state index in [-0.39, 0.29) is 11.3 Å². The molecule has 3 aliphatic carbocycles. The summed E-state index contributed by atoms with van der Waals surface area (Å²) in [5, 5.41) is 35.3. The maximum atomic E-state index is 14.3. The minimum absolute atomic E-state index is 0.138. The van der Waals surface area contributed by atoms with Crippen molar-refractivity contribution in [3.63, 3.8) is 0 Å². The van der Waals surface area contributed by atoms with Crippen LogP contribution in [0.25, 0.3) is 11.1 Å². The van der Waals surface area contributed by atoms with Crippen LogP contribution in [0.15, 0.2) is 30.3 Å². The lowest BCUT2D eigenvalue weighted by Crippen LogP contribution is -2.77. The number of carbonyl (C=O) groups excluding carboxylic acids is 5. The molecule has 3 fully saturated rings. The summed E-state index contributed by atoms with van der Waals surface area (Å²) in [6.45, 7) is 4.26. The Morgan fingerprint density at radius 1 is 1.09 bits per heavy atom. The predicted molar refractivity (Wildman–Crippen MR) is 164 cm³/mol. The zero-order valence-corrected chi connectivity index (χ0v) is 26.2. The molecule has 4 aliphatic rings. The molecule has 8 atom stereocenters. The van der Waals surface area contributed by atoms with E-state index in [0.29, 0.717) is 29.0 Å². The predicted octanol–water partition coefficient (Wildman–Crippen LogP) is 0.670. The first-order chi connectivity index (χ1) is 21.7. The van der Waals surface area contributed by atoms with Crippen LogP contribution in [0.4, 0.5) is 0 Å². The number of carbonyl (C=O) groups is 5. The number of nitrogens with two attached hydrogens (primary N) is 1. The molecular weight excluding hydrogens is 594 g/mol. The average molecular weight is 634 g/mol. The number of fused-ring (bicyclic) bond motifs is 3. The number of likely N-dealkylation sites (N-methyl/N-ethyl adjacent to an activating group) is 1. The molecule has 0 bridgehead atoms. The second-order valence-corrected chi connectivity index (χ2v) is 13.3. The SMILES string of the molecule is COc1ccc(-c2ccc3c(c2O)C(=O)C2C(=O)[C@@]4(O)C(=O)C(C(N)=O)C(=O)[C@H](N(C)C)[C@H]4[C@H](O)[C@H]2[C@@H]3C)cc1CN1CCCC1. The molecule has 6 rings (SSSR count). The van der Waals surface area contributed by atoms with Crippen molar-refractivity contribution in [1.29, 1.82) is 0 Å². The number of benzene rings is 2. The molecule has 5 N–H and O–H groups in total. The number of phenols is 1. The lowest BCUT2D eigenvalue weighted by molar-refractivity contribution is -0.196. The molecule has 2 saturated carbocycles. The van der Waals surface area contributed by atoms with Crippen molar-refractivity contribution in [2.75, 3.05) is 34.3 Å². The summed E-state index contributed by atoms with van der Waals surface area (Å²) in [5.74, 6) is -12.8. The number of aromatic hydroxyl groups is 1. The first kappa shape index (κ1) is 32.0. The normalized spacial score (nSPS) is 32.7. The molecule has 244 valence electrons. The number of aliphatic hydroxyl groups is 2. The highest BCUT2D eigenvalue weighted by Crippen LogP contribution is 2.55. The van der Waals surface area contributed by atoms with Gasteiger partial charge >= 0.3 is 0 Å². The van der Waals surface area contributed by atoms with Gasteiger partial charge in [-0.15, -0.1) is 0 Å². The molecule has 1 saturated heterocycles. The second kappa shape index (κ2) is 11.4. The van der Waals surface area contributed by atoms with Gasteiger partial charge in [-0.3, -0.25) is 33.8 Å². The number of Topliss-reactive ketones (excluding diaryl/α,β-unsaturated/α-hetero) is 4. The first-order valence-electron chi connectivity index (χ1n) is 15.5. The number of ketones is 4. The van der Waals surface area contributed by atoms with E-state index in [1.165, 1.54) is 19.0 Å². The van der Waals surface area contributed by atoms with Crippen LogP contribution in [0.2, 0.25) is 0 Å². The molecule has 1 amide bonds. The van der Waals surface area contributed by atoms with E-state index in [9.17, 15) is 39.3 Å². The second-order valence-electron chi connectivity index (χ2n) is 13.3. The summed E-state index contributed by atoms with van der Waals surface area (Å²) in [5.41, 5.74) is 4.46. The van der Waals surface area contributed by atoms with Gasteiger partial charge in [-0.25, -0.2) is 0 Å². The third-order valence-electron chi connectivity index (χ3n) is 10.7. The Hall–Kier alpha value is -3.97. The molecular formula is C34H39N3O9. The van der Waals surface area contributed by atoms with Crippen molar-refractivity contribution < 1.29 is 44.0 Å². The van der Waals surface area contributed by atoms with Crippen LogP contribution in [0.5, 0.6) is 11.5 Å². The molecule has 1 aliphatic heterocycles. The van der Waals surface area contributed by atoms with Gasteiger partial charge in [0.05, 0.1) is 36.7 Å². The van der Waals surface area contributed by atoms with Gasteiger partial charge in [0, 0.05) is 23.6 Å². The molecule has 0 spiro atoms.